The van der Waals surface area contributed by atoms with Gasteiger partial charge < -0.3 is 9.08 Å². The lowest BCUT2D eigenvalue weighted by atomic mass is 10.2. The molecule has 1 aromatic heterocycles. The van der Waals surface area contributed by atoms with Gasteiger partial charge in [-0.2, -0.15) is 8.42 Å². The molecular formula is C20H18N2O4S2. The number of amides is 1. The lowest BCUT2D eigenvalue weighted by Crippen LogP contribution is -2.23. The molecule has 0 atom stereocenters. The molecule has 0 spiro atoms. The number of thiazole rings is 1. The van der Waals surface area contributed by atoms with Crippen LogP contribution in [-0.4, -0.2) is 25.9 Å². The van der Waals surface area contributed by atoms with Crippen molar-refractivity contribution in [1.82, 2.24) is 4.98 Å². The predicted octanol–water partition coefficient (Wildman–Crippen LogP) is 4.01. The van der Waals surface area contributed by atoms with Gasteiger partial charge in [0, 0.05) is 35.3 Å². The molecule has 0 radical (unpaired) electrons. The molecule has 1 aliphatic heterocycles. The molecule has 28 heavy (non-hydrogen) atoms. The van der Waals surface area contributed by atoms with Crippen molar-refractivity contribution in [2.45, 2.75) is 24.7 Å². The minimum atomic E-state index is -3.96. The van der Waals surface area contributed by atoms with E-state index in [1.165, 1.54) is 23.5 Å². The molecule has 0 aliphatic carbocycles. The van der Waals surface area contributed by atoms with E-state index in [0.717, 1.165) is 22.7 Å². The van der Waals surface area contributed by atoms with Gasteiger partial charge in [0.2, 0.25) is 5.91 Å². The first-order chi connectivity index (χ1) is 13.4. The summed E-state index contributed by atoms with van der Waals surface area (Å²) in [5.41, 5.74) is 2.55. The van der Waals surface area contributed by atoms with E-state index < -0.39 is 10.1 Å². The quantitative estimate of drug-likeness (QED) is 0.590. The first kappa shape index (κ1) is 18.6. The maximum absolute atomic E-state index is 12.5. The minimum Gasteiger partial charge on any atom is -0.379 e. The van der Waals surface area contributed by atoms with Crippen LogP contribution in [0.5, 0.6) is 5.75 Å². The Hall–Kier alpha value is -2.71. The van der Waals surface area contributed by atoms with Gasteiger partial charge in [-0.05, 0) is 61.9 Å². The number of benzene rings is 2. The molecule has 144 valence electrons. The Morgan fingerprint density at radius 2 is 1.79 bits per heavy atom. The summed E-state index contributed by atoms with van der Waals surface area (Å²) in [5, 5.41) is 2.84. The van der Waals surface area contributed by atoms with Crippen molar-refractivity contribution in [3.8, 4) is 16.3 Å². The molecule has 0 unspecified atom stereocenters. The number of aromatic nitrogens is 1. The van der Waals surface area contributed by atoms with Crippen LogP contribution in [0.25, 0.3) is 10.6 Å². The summed E-state index contributed by atoms with van der Waals surface area (Å²) in [4.78, 5) is 17.9. The van der Waals surface area contributed by atoms with E-state index in [-0.39, 0.29) is 16.6 Å². The fraction of sp³-hybridized carbons (Fsp3) is 0.200. The second kappa shape index (κ2) is 7.37. The van der Waals surface area contributed by atoms with Crippen molar-refractivity contribution in [3.05, 3.63) is 59.6 Å². The van der Waals surface area contributed by atoms with Crippen LogP contribution in [-0.2, 0) is 14.9 Å². The van der Waals surface area contributed by atoms with Gasteiger partial charge in [-0.1, -0.05) is 0 Å². The third-order valence-corrected chi connectivity index (χ3v) is 6.71. The summed E-state index contributed by atoms with van der Waals surface area (Å²) in [6.07, 6.45) is 1.35. The molecule has 2 aromatic carbocycles. The molecule has 0 saturated carbocycles. The zero-order valence-corrected chi connectivity index (χ0v) is 16.8. The van der Waals surface area contributed by atoms with Gasteiger partial charge in [0.05, 0.1) is 0 Å². The first-order valence-corrected chi connectivity index (χ1v) is 11.1. The molecule has 1 saturated heterocycles. The van der Waals surface area contributed by atoms with Gasteiger partial charge in [-0.3, -0.25) is 4.79 Å². The molecule has 0 bridgehead atoms. The normalized spacial score (nSPS) is 14.5. The monoisotopic (exact) mass is 414 g/mol. The lowest BCUT2D eigenvalue weighted by Gasteiger charge is -2.16. The van der Waals surface area contributed by atoms with Crippen LogP contribution in [0, 0.1) is 6.92 Å². The fourth-order valence-corrected chi connectivity index (χ4v) is 4.76. The summed E-state index contributed by atoms with van der Waals surface area (Å²) in [6.45, 7) is 2.58. The highest BCUT2D eigenvalue weighted by atomic mass is 32.2. The largest absolute Gasteiger partial charge is 0.379 e. The smallest absolute Gasteiger partial charge is 0.339 e. The number of hydrogen-bond acceptors (Lipinski definition) is 6. The summed E-state index contributed by atoms with van der Waals surface area (Å²) in [6, 6.07) is 13.0. The van der Waals surface area contributed by atoms with Crippen LogP contribution in [0.1, 0.15) is 18.5 Å². The van der Waals surface area contributed by atoms with E-state index in [1.807, 2.05) is 12.3 Å². The van der Waals surface area contributed by atoms with Crippen molar-refractivity contribution in [1.29, 1.82) is 0 Å². The Kier molecular flexibility index (Phi) is 4.91. The predicted molar refractivity (Wildman–Crippen MR) is 108 cm³/mol. The Morgan fingerprint density at radius 3 is 2.36 bits per heavy atom. The Morgan fingerprint density at radius 1 is 1.07 bits per heavy atom. The molecule has 1 fully saturated rings. The van der Waals surface area contributed by atoms with E-state index in [1.54, 1.807) is 41.3 Å². The van der Waals surface area contributed by atoms with Gasteiger partial charge in [-0.25, -0.2) is 4.98 Å². The number of nitrogens with zero attached hydrogens (tertiary/aromatic N) is 2. The van der Waals surface area contributed by atoms with Crippen molar-refractivity contribution >= 4 is 33.0 Å². The van der Waals surface area contributed by atoms with E-state index in [4.69, 9.17) is 4.18 Å². The van der Waals surface area contributed by atoms with Crippen LogP contribution in [0.4, 0.5) is 5.69 Å². The summed E-state index contributed by atoms with van der Waals surface area (Å²) in [7, 11) is -3.96. The van der Waals surface area contributed by atoms with Gasteiger partial charge in [0.1, 0.15) is 15.7 Å². The Balaban J connectivity index is 1.50. The summed E-state index contributed by atoms with van der Waals surface area (Å²) in [5.74, 6) is 0.290. The van der Waals surface area contributed by atoms with Crippen LogP contribution in [0.3, 0.4) is 0 Å². The molecule has 8 heteroatoms. The number of rotatable bonds is 5. The topological polar surface area (TPSA) is 76.6 Å². The van der Waals surface area contributed by atoms with Gasteiger partial charge in [0.25, 0.3) is 0 Å². The number of hydrogen-bond donors (Lipinski definition) is 0. The molecule has 1 amide bonds. The first-order valence-electron chi connectivity index (χ1n) is 8.80. The molecule has 6 nitrogen and oxygen atoms in total. The standard InChI is InChI=1S/C20H18N2O4S2/c1-14-13-27-20(21-14)15-4-8-17(9-5-15)26-28(24,25)18-10-6-16(7-11-18)22-12-2-3-19(22)23/h4-11,13H,2-3,12H2,1H3. The molecular weight excluding hydrogens is 396 g/mol. The molecule has 3 aromatic rings. The van der Waals surface area contributed by atoms with E-state index in [0.29, 0.717) is 18.7 Å². The fourth-order valence-electron chi connectivity index (χ4n) is 3.03. The van der Waals surface area contributed by atoms with E-state index in [2.05, 4.69) is 4.98 Å². The average Bonchev–Trinajstić information content (AvgIpc) is 3.30. The minimum absolute atomic E-state index is 0.0440. The summed E-state index contributed by atoms with van der Waals surface area (Å²) >= 11 is 1.53. The maximum atomic E-state index is 12.5. The third kappa shape index (κ3) is 3.79. The molecule has 1 aliphatic rings. The highest BCUT2D eigenvalue weighted by molar-refractivity contribution is 7.87. The lowest BCUT2D eigenvalue weighted by molar-refractivity contribution is -0.117. The second-order valence-corrected chi connectivity index (χ2v) is 8.90. The number of carbonyl (C=O) groups excluding carboxylic acids is 1. The van der Waals surface area contributed by atoms with Crippen molar-refractivity contribution in [3.63, 3.8) is 0 Å². The second-order valence-electron chi connectivity index (χ2n) is 6.50. The van der Waals surface area contributed by atoms with Crippen molar-refractivity contribution in [2.24, 2.45) is 0 Å². The molecule has 2 heterocycles. The van der Waals surface area contributed by atoms with Gasteiger partial charge in [-0.15, -0.1) is 11.3 Å². The molecule has 0 N–H and O–H groups in total. The average molecular weight is 415 g/mol. The Bertz CT molecular complexity index is 1100. The third-order valence-electron chi connectivity index (χ3n) is 4.44. The highest BCUT2D eigenvalue weighted by Crippen LogP contribution is 2.28. The SMILES string of the molecule is Cc1csc(-c2ccc(OS(=O)(=O)c3ccc(N4CCCC4=O)cc3)cc2)n1. The van der Waals surface area contributed by atoms with Crippen LogP contribution < -0.4 is 9.08 Å². The van der Waals surface area contributed by atoms with Crippen LogP contribution in [0.2, 0.25) is 0 Å². The maximum Gasteiger partial charge on any atom is 0.339 e. The van der Waals surface area contributed by atoms with Crippen LogP contribution in [0.15, 0.2) is 58.8 Å². The number of anilines is 1. The highest BCUT2D eigenvalue weighted by Gasteiger charge is 2.23. The zero-order valence-electron chi connectivity index (χ0n) is 15.2. The van der Waals surface area contributed by atoms with Gasteiger partial charge in [0.15, 0.2) is 0 Å². The molecule has 4 rings (SSSR count). The van der Waals surface area contributed by atoms with Gasteiger partial charge >= 0.3 is 10.1 Å². The zero-order chi connectivity index (χ0) is 19.7. The van der Waals surface area contributed by atoms with E-state index >= 15 is 0 Å². The summed E-state index contributed by atoms with van der Waals surface area (Å²) < 4.78 is 30.3. The Labute approximate surface area is 167 Å². The van der Waals surface area contributed by atoms with Crippen molar-refractivity contribution in [2.75, 3.05) is 11.4 Å². The van der Waals surface area contributed by atoms with E-state index in [9.17, 15) is 13.2 Å². The van der Waals surface area contributed by atoms with Crippen molar-refractivity contribution < 1.29 is 17.4 Å². The van der Waals surface area contributed by atoms with Crippen LogP contribution >= 0.6 is 11.3 Å². The number of carbonyl (C=O) groups is 1. The number of aryl methyl sites for hydroxylation is 1.